The number of benzene rings is 5. The molecule has 5 aromatic carbocycles. The van der Waals surface area contributed by atoms with Gasteiger partial charge in [0.05, 0.1) is 0 Å². The predicted octanol–water partition coefficient (Wildman–Crippen LogP) is 9.80. The van der Waals surface area contributed by atoms with Crippen molar-refractivity contribution in [1.29, 1.82) is 0 Å². The fourth-order valence-corrected chi connectivity index (χ4v) is 4.59. The van der Waals surface area contributed by atoms with Crippen molar-refractivity contribution in [3.63, 3.8) is 0 Å². The second-order valence-electron chi connectivity index (χ2n) is 9.62. The summed E-state index contributed by atoms with van der Waals surface area (Å²) in [5, 5.41) is 4.72. The first kappa shape index (κ1) is 28.0. The van der Waals surface area contributed by atoms with E-state index in [1.165, 1.54) is 22.3 Å². The zero-order valence-corrected chi connectivity index (χ0v) is 24.9. The molecule has 0 N–H and O–H groups in total. The Kier molecular flexibility index (Phi) is 9.14. The monoisotopic (exact) mass is 691 g/mol. The van der Waals surface area contributed by atoms with Crippen LogP contribution in [0, 0.1) is 27.7 Å². The first-order valence-electron chi connectivity index (χ1n) is 12.9. The van der Waals surface area contributed by atoms with Gasteiger partial charge in [-0.3, -0.25) is 0 Å². The Morgan fingerprint density at radius 2 is 0.872 bits per heavy atom. The molecule has 0 radical (unpaired) electrons. The van der Waals surface area contributed by atoms with E-state index in [0.717, 1.165) is 34.1 Å². The normalized spacial score (nSPS) is 11.3. The van der Waals surface area contributed by atoms with Crippen LogP contribution in [0.3, 0.4) is 0 Å². The minimum Gasteiger partial charge on any atom is -0.657 e. The fourth-order valence-electron chi connectivity index (χ4n) is 4.59. The second kappa shape index (κ2) is 12.7. The number of nitrogens with zero attached hydrogens (tertiary/aromatic N) is 3. The summed E-state index contributed by atoms with van der Waals surface area (Å²) in [6.45, 7) is 8.42. The molecule has 1 aliphatic heterocycles. The number of fused-ring (bicyclic) bond motifs is 1. The van der Waals surface area contributed by atoms with Gasteiger partial charge < -0.3 is 5.32 Å². The summed E-state index contributed by atoms with van der Waals surface area (Å²) in [5.41, 5.74) is 11.6. The number of para-hydroxylation sites is 4. The maximum absolute atomic E-state index is 4.72. The molecule has 0 saturated carbocycles. The molecule has 3 nitrogen and oxygen atoms in total. The van der Waals surface area contributed by atoms with Crippen molar-refractivity contribution in [2.24, 2.45) is 0 Å². The van der Waals surface area contributed by atoms with Crippen LogP contribution in [0.15, 0.2) is 121 Å². The SMILES string of the molecule is C1=[N+](c2ccccc2)c2ccccc2[N+]=1c1ccccc1.Cc1ccc([N-]c2ccc(C)cc2C)c(C)c1.[Au+]. The molecule has 5 aromatic rings. The summed E-state index contributed by atoms with van der Waals surface area (Å²) in [7, 11) is 0. The van der Waals surface area contributed by atoms with Gasteiger partial charge in [-0.15, -0.1) is 11.4 Å². The molecular formula is C35H32AuN3+2. The topological polar surface area (TPSA) is 20.1 Å². The molecule has 0 amide bonds. The van der Waals surface area contributed by atoms with Crippen molar-refractivity contribution in [2.45, 2.75) is 27.7 Å². The van der Waals surface area contributed by atoms with Crippen molar-refractivity contribution in [1.82, 2.24) is 9.15 Å². The first-order valence-corrected chi connectivity index (χ1v) is 12.9. The van der Waals surface area contributed by atoms with Gasteiger partial charge in [0.25, 0.3) is 11.4 Å². The van der Waals surface area contributed by atoms with E-state index in [2.05, 4.69) is 128 Å². The molecule has 0 unspecified atom stereocenters. The third-order valence-corrected chi connectivity index (χ3v) is 6.54. The standard InChI is InChI=1S/C19H14N2.C16H18N.Au/c1-3-9-16(10-4-1)20-15-21(17-11-5-2-6-12-17)19-14-8-7-13-18(19)20;1-11-5-7-15(13(3)9-11)17-16-8-6-12(2)10-14(16)4;/h1-14H;5-10H,1-4H3;/q+2;-1;+1. The molecule has 39 heavy (non-hydrogen) atoms. The van der Waals surface area contributed by atoms with E-state index >= 15 is 0 Å². The molecular weight excluding hydrogens is 659 g/mol. The van der Waals surface area contributed by atoms with Gasteiger partial charge in [0.1, 0.15) is 0 Å². The van der Waals surface area contributed by atoms with Crippen LogP contribution in [0.1, 0.15) is 22.3 Å². The minimum absolute atomic E-state index is 0. The van der Waals surface area contributed by atoms with Gasteiger partial charge in [-0.05, 0) is 36.8 Å². The summed E-state index contributed by atoms with van der Waals surface area (Å²) in [6.07, 6.45) is 0. The zero-order valence-electron chi connectivity index (χ0n) is 22.7. The average Bonchev–Trinajstić information content (AvgIpc) is 3.33. The van der Waals surface area contributed by atoms with E-state index in [4.69, 9.17) is 5.32 Å². The van der Waals surface area contributed by atoms with Crippen LogP contribution in [-0.4, -0.2) is 6.01 Å². The van der Waals surface area contributed by atoms with Gasteiger partial charge in [0.15, 0.2) is 0 Å². The molecule has 4 heteroatoms. The molecule has 0 atom stereocenters. The van der Waals surface area contributed by atoms with E-state index in [1.54, 1.807) is 0 Å². The van der Waals surface area contributed by atoms with Crippen LogP contribution in [0.5, 0.6) is 0 Å². The summed E-state index contributed by atoms with van der Waals surface area (Å²) in [4.78, 5) is 0. The van der Waals surface area contributed by atoms with E-state index in [9.17, 15) is 0 Å². The van der Waals surface area contributed by atoms with Crippen LogP contribution in [-0.2, 0) is 22.4 Å². The van der Waals surface area contributed by atoms with Gasteiger partial charge in [-0.2, -0.15) is 0 Å². The van der Waals surface area contributed by atoms with Crippen molar-refractivity contribution in [2.75, 3.05) is 0 Å². The van der Waals surface area contributed by atoms with E-state index in [1.807, 2.05) is 36.4 Å². The van der Waals surface area contributed by atoms with Crippen LogP contribution in [0.2, 0.25) is 0 Å². The van der Waals surface area contributed by atoms with Crippen molar-refractivity contribution in [3.8, 4) is 0 Å². The largest absolute Gasteiger partial charge is 1.00 e. The molecule has 1 aliphatic rings. The maximum atomic E-state index is 4.72. The maximum Gasteiger partial charge on any atom is 1.00 e. The summed E-state index contributed by atoms with van der Waals surface area (Å²) in [6, 6.07) is 45.2. The Bertz CT molecular complexity index is 1530. The third-order valence-electron chi connectivity index (χ3n) is 6.54. The Labute approximate surface area is 247 Å². The Morgan fingerprint density at radius 1 is 0.487 bits per heavy atom. The van der Waals surface area contributed by atoms with Gasteiger partial charge in [-0.1, -0.05) is 107 Å². The van der Waals surface area contributed by atoms with Crippen molar-refractivity contribution < 1.29 is 22.4 Å². The zero-order chi connectivity index (χ0) is 26.5. The predicted molar refractivity (Wildman–Crippen MR) is 162 cm³/mol. The van der Waals surface area contributed by atoms with Crippen LogP contribution < -0.4 is 9.15 Å². The number of hydrogen-bond acceptors (Lipinski definition) is 0. The number of rotatable bonds is 4. The van der Waals surface area contributed by atoms with Gasteiger partial charge >= 0.3 is 28.4 Å². The van der Waals surface area contributed by atoms with Crippen molar-refractivity contribution >= 4 is 40.1 Å². The molecule has 0 bridgehead atoms. The quantitative estimate of drug-likeness (QED) is 0.130. The van der Waals surface area contributed by atoms with Gasteiger partial charge in [0, 0.05) is 36.4 Å². The van der Waals surface area contributed by atoms with E-state index in [-0.39, 0.29) is 22.4 Å². The van der Waals surface area contributed by atoms with Crippen LogP contribution >= 0.6 is 0 Å². The van der Waals surface area contributed by atoms with Crippen molar-refractivity contribution in [3.05, 3.63) is 149 Å². The summed E-state index contributed by atoms with van der Waals surface area (Å²) >= 11 is 0. The van der Waals surface area contributed by atoms with E-state index in [0.29, 0.717) is 0 Å². The van der Waals surface area contributed by atoms with Crippen LogP contribution in [0.25, 0.3) is 5.32 Å². The molecule has 0 fully saturated rings. The Balaban J connectivity index is 0.000000181. The molecule has 6 rings (SSSR count). The smallest absolute Gasteiger partial charge is 0.657 e. The third kappa shape index (κ3) is 6.54. The first-order chi connectivity index (χ1) is 18.5. The number of hydrogen-bond donors (Lipinski definition) is 0. The number of aryl methyl sites for hydroxylation is 4. The van der Waals surface area contributed by atoms with E-state index < -0.39 is 0 Å². The summed E-state index contributed by atoms with van der Waals surface area (Å²) < 4.78 is 4.20. The van der Waals surface area contributed by atoms with Gasteiger partial charge in [-0.25, -0.2) is 0 Å². The second-order valence-corrected chi connectivity index (χ2v) is 9.62. The van der Waals surface area contributed by atoms with Crippen LogP contribution in [0.4, 0.5) is 34.1 Å². The molecule has 0 aromatic heterocycles. The molecule has 0 aliphatic carbocycles. The molecule has 0 spiro atoms. The van der Waals surface area contributed by atoms with Gasteiger partial charge in [0.2, 0.25) is 11.4 Å². The fraction of sp³-hybridized carbons (Fsp3) is 0.114. The molecule has 1 heterocycles. The minimum atomic E-state index is 0. The Morgan fingerprint density at radius 3 is 1.26 bits per heavy atom. The molecule has 0 saturated heterocycles. The molecule has 196 valence electrons. The average molecular weight is 692 g/mol. The Hall–Kier alpha value is -3.98. The summed E-state index contributed by atoms with van der Waals surface area (Å²) in [5.74, 6) is 0.